The summed E-state index contributed by atoms with van der Waals surface area (Å²) in [6.45, 7) is 1.97. The summed E-state index contributed by atoms with van der Waals surface area (Å²) in [7, 11) is 3.18. The molecule has 3 rings (SSSR count). The molecule has 0 atom stereocenters. The van der Waals surface area contributed by atoms with Gasteiger partial charge in [-0.05, 0) is 30.7 Å². The van der Waals surface area contributed by atoms with Crippen molar-refractivity contribution < 1.29 is 9.53 Å². The van der Waals surface area contributed by atoms with Crippen LogP contribution in [0.15, 0.2) is 54.9 Å². The summed E-state index contributed by atoms with van der Waals surface area (Å²) in [6, 6.07) is 13.1. The number of hydrogen-bond donors (Lipinski definition) is 3. The maximum absolute atomic E-state index is 12.2. The minimum Gasteiger partial charge on any atom is -0.495 e. The molecular weight excluding hydrogens is 342 g/mol. The zero-order chi connectivity index (χ0) is 19.2. The van der Waals surface area contributed by atoms with Crippen molar-refractivity contribution in [1.29, 1.82) is 0 Å². The van der Waals surface area contributed by atoms with Gasteiger partial charge in [0.05, 0.1) is 24.0 Å². The molecule has 0 spiro atoms. The van der Waals surface area contributed by atoms with Crippen LogP contribution in [0.1, 0.15) is 15.9 Å². The van der Waals surface area contributed by atoms with Crippen LogP contribution in [0.5, 0.6) is 5.75 Å². The lowest BCUT2D eigenvalue weighted by Gasteiger charge is -2.15. The van der Waals surface area contributed by atoms with E-state index in [0.29, 0.717) is 28.6 Å². The van der Waals surface area contributed by atoms with Gasteiger partial charge in [-0.15, -0.1) is 0 Å². The number of ether oxygens (including phenoxy) is 1. The molecule has 7 nitrogen and oxygen atoms in total. The van der Waals surface area contributed by atoms with Gasteiger partial charge in [0.15, 0.2) is 0 Å². The molecule has 3 N–H and O–H groups in total. The summed E-state index contributed by atoms with van der Waals surface area (Å²) in [6.07, 6.45) is 3.29. The van der Waals surface area contributed by atoms with Crippen molar-refractivity contribution >= 4 is 28.9 Å². The van der Waals surface area contributed by atoms with E-state index >= 15 is 0 Å². The Labute approximate surface area is 157 Å². The number of nitrogens with zero attached hydrogens (tertiary/aromatic N) is 2. The van der Waals surface area contributed by atoms with Crippen LogP contribution in [-0.4, -0.2) is 30.0 Å². The fraction of sp³-hybridized carbons (Fsp3) is 0.150. The number of pyridine rings is 2. The Hall–Kier alpha value is -3.61. The van der Waals surface area contributed by atoms with Crippen molar-refractivity contribution in [2.45, 2.75) is 6.92 Å². The van der Waals surface area contributed by atoms with Crippen LogP contribution >= 0.6 is 0 Å². The molecule has 0 aliphatic rings. The number of nitrogens with one attached hydrogen (secondary N) is 3. The molecule has 0 saturated heterocycles. The third-order valence-electron chi connectivity index (χ3n) is 3.92. The molecule has 0 saturated carbocycles. The van der Waals surface area contributed by atoms with Crippen LogP contribution in [0.4, 0.5) is 23.0 Å². The molecule has 0 aliphatic heterocycles. The summed E-state index contributed by atoms with van der Waals surface area (Å²) in [4.78, 5) is 20.9. The number of hydrogen-bond acceptors (Lipinski definition) is 6. The maximum Gasteiger partial charge on any atom is 0.254 e. The fourth-order valence-electron chi connectivity index (χ4n) is 2.51. The van der Waals surface area contributed by atoms with Crippen LogP contribution in [0.25, 0.3) is 0 Å². The number of anilines is 4. The molecule has 27 heavy (non-hydrogen) atoms. The third-order valence-corrected chi connectivity index (χ3v) is 3.92. The lowest BCUT2D eigenvalue weighted by atomic mass is 10.2. The van der Waals surface area contributed by atoms with Crippen molar-refractivity contribution in [3.8, 4) is 5.75 Å². The quantitative estimate of drug-likeness (QED) is 0.620. The summed E-state index contributed by atoms with van der Waals surface area (Å²) < 4.78 is 5.38. The average Bonchev–Trinajstić information content (AvgIpc) is 2.70. The van der Waals surface area contributed by atoms with Crippen LogP contribution in [0.2, 0.25) is 0 Å². The first-order valence-electron chi connectivity index (χ1n) is 8.42. The molecule has 2 aromatic heterocycles. The van der Waals surface area contributed by atoms with Crippen molar-refractivity contribution in [2.75, 3.05) is 24.8 Å². The van der Waals surface area contributed by atoms with Crippen molar-refractivity contribution in [3.05, 3.63) is 66.0 Å². The molecule has 2 heterocycles. The van der Waals surface area contributed by atoms with Gasteiger partial charge >= 0.3 is 0 Å². The van der Waals surface area contributed by atoms with Crippen LogP contribution in [0.3, 0.4) is 0 Å². The molecule has 0 aliphatic carbocycles. The van der Waals surface area contributed by atoms with E-state index < -0.39 is 0 Å². The normalized spacial score (nSPS) is 10.2. The lowest BCUT2D eigenvalue weighted by molar-refractivity contribution is 0.0963. The highest BCUT2D eigenvalue weighted by Gasteiger charge is 2.14. The van der Waals surface area contributed by atoms with Crippen molar-refractivity contribution in [3.63, 3.8) is 0 Å². The second-order valence-electron chi connectivity index (χ2n) is 5.87. The predicted molar refractivity (Wildman–Crippen MR) is 106 cm³/mol. The Bertz CT molecular complexity index is 941. The van der Waals surface area contributed by atoms with Gasteiger partial charge in [-0.25, -0.2) is 9.97 Å². The number of carbonyl (C=O) groups excluding carboxylic acids is 1. The van der Waals surface area contributed by atoms with E-state index in [9.17, 15) is 4.79 Å². The first-order valence-corrected chi connectivity index (χ1v) is 8.42. The predicted octanol–water partition coefficient (Wildman–Crippen LogP) is 3.64. The van der Waals surface area contributed by atoms with Gasteiger partial charge in [0.2, 0.25) is 0 Å². The van der Waals surface area contributed by atoms with E-state index in [-0.39, 0.29) is 5.91 Å². The molecule has 0 fully saturated rings. The average molecular weight is 363 g/mol. The Morgan fingerprint density at radius 1 is 0.963 bits per heavy atom. The Morgan fingerprint density at radius 3 is 2.44 bits per heavy atom. The molecule has 7 heteroatoms. The highest BCUT2D eigenvalue weighted by molar-refractivity contribution is 6.00. The van der Waals surface area contributed by atoms with E-state index in [0.717, 1.165) is 11.3 Å². The van der Waals surface area contributed by atoms with E-state index in [1.54, 1.807) is 26.4 Å². The molecule has 0 unspecified atom stereocenters. The second-order valence-corrected chi connectivity index (χ2v) is 5.87. The summed E-state index contributed by atoms with van der Waals surface area (Å²) in [5.74, 6) is 1.67. The van der Waals surface area contributed by atoms with E-state index in [4.69, 9.17) is 4.74 Å². The number of amides is 1. The number of carbonyl (C=O) groups is 1. The van der Waals surface area contributed by atoms with Crippen LogP contribution in [-0.2, 0) is 0 Å². The van der Waals surface area contributed by atoms with Crippen LogP contribution < -0.4 is 20.7 Å². The minimum atomic E-state index is -0.236. The molecule has 1 aromatic carbocycles. The van der Waals surface area contributed by atoms with Gasteiger partial charge in [-0.3, -0.25) is 4.79 Å². The number of aromatic nitrogens is 2. The number of para-hydroxylation sites is 2. The standard InChI is InChI=1S/C20H21N5O2/c1-13-8-9-18(22-11-13)25-19-10-16(14(12-23-19)20(26)21-2)24-15-6-4-5-7-17(15)27-3/h4-12H,1-3H3,(H,21,26)(H2,22,23,24,25). The van der Waals surface area contributed by atoms with Crippen molar-refractivity contribution in [1.82, 2.24) is 15.3 Å². The molecule has 1 amide bonds. The SMILES string of the molecule is CNC(=O)c1cnc(Nc2ccc(C)cn2)cc1Nc1ccccc1OC. The Kier molecular flexibility index (Phi) is 5.51. The molecule has 138 valence electrons. The zero-order valence-corrected chi connectivity index (χ0v) is 15.4. The van der Waals surface area contributed by atoms with E-state index in [1.165, 1.54) is 6.20 Å². The number of aryl methyl sites for hydroxylation is 1. The molecule has 3 aromatic rings. The summed E-state index contributed by atoms with van der Waals surface area (Å²) in [5, 5.41) is 9.03. The Balaban J connectivity index is 1.95. The number of benzene rings is 1. The van der Waals surface area contributed by atoms with Gasteiger partial charge in [-0.1, -0.05) is 18.2 Å². The fourth-order valence-corrected chi connectivity index (χ4v) is 2.51. The molecule has 0 bridgehead atoms. The number of methoxy groups -OCH3 is 1. The topological polar surface area (TPSA) is 88.2 Å². The minimum absolute atomic E-state index is 0.236. The second kappa shape index (κ2) is 8.18. The maximum atomic E-state index is 12.2. The smallest absolute Gasteiger partial charge is 0.254 e. The Morgan fingerprint density at radius 2 is 1.74 bits per heavy atom. The molecule has 0 radical (unpaired) electrons. The van der Waals surface area contributed by atoms with Gasteiger partial charge in [0, 0.05) is 25.5 Å². The highest BCUT2D eigenvalue weighted by Crippen LogP contribution is 2.30. The largest absolute Gasteiger partial charge is 0.495 e. The lowest BCUT2D eigenvalue weighted by Crippen LogP contribution is -2.19. The first-order chi connectivity index (χ1) is 13.1. The van der Waals surface area contributed by atoms with Crippen molar-refractivity contribution in [2.24, 2.45) is 0 Å². The van der Waals surface area contributed by atoms with Gasteiger partial charge < -0.3 is 20.7 Å². The van der Waals surface area contributed by atoms with Gasteiger partial charge in [0.25, 0.3) is 5.91 Å². The van der Waals surface area contributed by atoms with Crippen LogP contribution in [0, 0.1) is 6.92 Å². The monoisotopic (exact) mass is 363 g/mol. The number of rotatable bonds is 6. The first kappa shape index (κ1) is 18.2. The molecular formula is C20H21N5O2. The third kappa shape index (κ3) is 4.33. The summed E-state index contributed by atoms with van der Waals surface area (Å²) in [5.41, 5.74) is 2.84. The zero-order valence-electron chi connectivity index (χ0n) is 15.4. The van der Waals surface area contributed by atoms with Gasteiger partial charge in [0.1, 0.15) is 17.4 Å². The van der Waals surface area contributed by atoms with E-state index in [1.807, 2.05) is 43.3 Å². The summed E-state index contributed by atoms with van der Waals surface area (Å²) >= 11 is 0. The highest BCUT2D eigenvalue weighted by atomic mass is 16.5. The van der Waals surface area contributed by atoms with Gasteiger partial charge in [-0.2, -0.15) is 0 Å². The van der Waals surface area contributed by atoms with E-state index in [2.05, 4.69) is 25.9 Å².